The second kappa shape index (κ2) is 7.05. The zero-order valence-electron chi connectivity index (χ0n) is 13.4. The average Bonchev–Trinajstić information content (AvgIpc) is 2.56. The summed E-state index contributed by atoms with van der Waals surface area (Å²) in [4.78, 5) is 22.2. The van der Waals surface area contributed by atoms with E-state index in [2.05, 4.69) is 20.2 Å². The van der Waals surface area contributed by atoms with Gasteiger partial charge in [-0.1, -0.05) is 11.6 Å². The van der Waals surface area contributed by atoms with Crippen LogP contribution < -0.4 is 10.2 Å². The third kappa shape index (κ3) is 3.94. The summed E-state index contributed by atoms with van der Waals surface area (Å²) >= 11 is 5.89. The Morgan fingerprint density at radius 3 is 2.54 bits per heavy atom. The number of aromatic nitrogens is 2. The second-order valence-electron chi connectivity index (χ2n) is 5.92. The Labute approximate surface area is 145 Å². The van der Waals surface area contributed by atoms with Crippen LogP contribution in [0.1, 0.15) is 18.5 Å². The van der Waals surface area contributed by atoms with Gasteiger partial charge in [0.1, 0.15) is 5.82 Å². The molecule has 0 aliphatic carbocycles. The third-order valence-corrected chi connectivity index (χ3v) is 4.36. The van der Waals surface area contributed by atoms with Crippen molar-refractivity contribution >= 4 is 35.0 Å². The lowest BCUT2D eigenvalue weighted by molar-refractivity contribution is -0.142. The fourth-order valence-electron chi connectivity index (χ4n) is 2.79. The predicted molar refractivity (Wildman–Crippen MR) is 94.1 cm³/mol. The monoisotopic (exact) mass is 346 g/mol. The molecule has 1 saturated heterocycles. The number of nitrogens with one attached hydrogen (secondary N) is 1. The third-order valence-electron chi connectivity index (χ3n) is 4.11. The minimum Gasteiger partial charge on any atom is -0.481 e. The SMILES string of the molecule is Cc1cc(N2CCC(C(=O)O)CC2)nc(Nc2ccc(Cl)cc2)n1. The number of carboxylic acids is 1. The summed E-state index contributed by atoms with van der Waals surface area (Å²) in [5, 5.41) is 13.0. The van der Waals surface area contributed by atoms with Crippen LogP contribution in [0.15, 0.2) is 30.3 Å². The van der Waals surface area contributed by atoms with Crippen LogP contribution in [-0.2, 0) is 4.79 Å². The largest absolute Gasteiger partial charge is 0.481 e. The number of rotatable bonds is 4. The molecule has 1 aliphatic heterocycles. The highest BCUT2D eigenvalue weighted by Crippen LogP contribution is 2.24. The molecule has 1 aromatic heterocycles. The van der Waals surface area contributed by atoms with E-state index >= 15 is 0 Å². The van der Waals surface area contributed by atoms with E-state index in [0.717, 1.165) is 17.2 Å². The molecule has 1 fully saturated rings. The van der Waals surface area contributed by atoms with Gasteiger partial charge >= 0.3 is 5.97 Å². The maximum absolute atomic E-state index is 11.1. The van der Waals surface area contributed by atoms with Crippen LogP contribution in [0, 0.1) is 12.8 Å². The van der Waals surface area contributed by atoms with E-state index in [-0.39, 0.29) is 5.92 Å². The maximum atomic E-state index is 11.1. The van der Waals surface area contributed by atoms with Gasteiger partial charge in [-0.3, -0.25) is 4.79 Å². The summed E-state index contributed by atoms with van der Waals surface area (Å²) in [6.45, 7) is 3.30. The van der Waals surface area contributed by atoms with E-state index in [0.29, 0.717) is 36.9 Å². The van der Waals surface area contributed by atoms with Crippen molar-refractivity contribution in [1.82, 2.24) is 9.97 Å². The molecule has 6 nitrogen and oxygen atoms in total. The van der Waals surface area contributed by atoms with E-state index in [9.17, 15) is 4.79 Å². The summed E-state index contributed by atoms with van der Waals surface area (Å²) < 4.78 is 0. The first-order valence-electron chi connectivity index (χ1n) is 7.87. The van der Waals surface area contributed by atoms with Crippen molar-refractivity contribution in [2.75, 3.05) is 23.3 Å². The van der Waals surface area contributed by atoms with Crippen molar-refractivity contribution in [2.24, 2.45) is 5.92 Å². The second-order valence-corrected chi connectivity index (χ2v) is 6.36. The lowest BCUT2D eigenvalue weighted by Gasteiger charge is -2.31. The summed E-state index contributed by atoms with van der Waals surface area (Å²) in [7, 11) is 0. The lowest BCUT2D eigenvalue weighted by atomic mass is 9.97. The number of anilines is 3. The number of hydrogen-bond acceptors (Lipinski definition) is 5. The van der Waals surface area contributed by atoms with E-state index in [1.807, 2.05) is 25.1 Å². The molecular formula is C17H19ClN4O2. The standard InChI is InChI=1S/C17H19ClN4O2/c1-11-10-15(22-8-6-12(7-9-22)16(23)24)21-17(19-11)20-14-4-2-13(18)3-5-14/h2-5,10,12H,6-9H2,1H3,(H,23,24)(H,19,20,21). The molecule has 0 amide bonds. The Morgan fingerprint density at radius 1 is 1.25 bits per heavy atom. The highest BCUT2D eigenvalue weighted by molar-refractivity contribution is 6.30. The molecule has 2 N–H and O–H groups in total. The first kappa shape index (κ1) is 16.5. The number of carboxylic acid groups (broad SMARTS) is 1. The molecule has 1 aliphatic rings. The van der Waals surface area contributed by atoms with Crippen LogP contribution in [0.25, 0.3) is 0 Å². The first-order valence-corrected chi connectivity index (χ1v) is 8.25. The van der Waals surface area contributed by atoms with Crippen molar-refractivity contribution in [3.05, 3.63) is 41.0 Å². The molecule has 3 rings (SSSR count). The van der Waals surface area contributed by atoms with Gasteiger partial charge in [0.15, 0.2) is 0 Å². The van der Waals surface area contributed by atoms with Gasteiger partial charge < -0.3 is 15.3 Å². The fourth-order valence-corrected chi connectivity index (χ4v) is 2.91. The van der Waals surface area contributed by atoms with Crippen LogP contribution in [-0.4, -0.2) is 34.1 Å². The summed E-state index contributed by atoms with van der Waals surface area (Å²) in [5.74, 6) is 0.380. The molecule has 126 valence electrons. The van der Waals surface area contributed by atoms with Crippen LogP contribution in [0.5, 0.6) is 0 Å². The first-order chi connectivity index (χ1) is 11.5. The van der Waals surface area contributed by atoms with Gasteiger partial charge in [0.25, 0.3) is 0 Å². The van der Waals surface area contributed by atoms with Gasteiger partial charge in [-0.05, 0) is 44.0 Å². The van der Waals surface area contributed by atoms with E-state index in [1.165, 1.54) is 0 Å². The Hall–Kier alpha value is -2.34. The minimum atomic E-state index is -0.710. The molecular weight excluding hydrogens is 328 g/mol. The van der Waals surface area contributed by atoms with Gasteiger partial charge in [-0.25, -0.2) is 4.98 Å². The predicted octanol–water partition coefficient (Wildman–Crippen LogP) is 3.48. The molecule has 1 aromatic carbocycles. The van der Waals surface area contributed by atoms with Crippen molar-refractivity contribution in [2.45, 2.75) is 19.8 Å². The van der Waals surface area contributed by atoms with Crippen molar-refractivity contribution in [1.29, 1.82) is 0 Å². The van der Waals surface area contributed by atoms with Crippen molar-refractivity contribution < 1.29 is 9.90 Å². The topological polar surface area (TPSA) is 78.4 Å². The number of aryl methyl sites for hydroxylation is 1. The van der Waals surface area contributed by atoms with Crippen LogP contribution in [0.2, 0.25) is 5.02 Å². The van der Waals surface area contributed by atoms with Gasteiger partial charge in [-0.2, -0.15) is 4.98 Å². The smallest absolute Gasteiger partial charge is 0.306 e. The zero-order chi connectivity index (χ0) is 17.1. The Balaban J connectivity index is 1.74. The summed E-state index contributed by atoms with van der Waals surface area (Å²) in [6, 6.07) is 9.26. The zero-order valence-corrected chi connectivity index (χ0v) is 14.1. The average molecular weight is 347 g/mol. The molecule has 7 heteroatoms. The lowest BCUT2D eigenvalue weighted by Crippen LogP contribution is -2.36. The molecule has 0 radical (unpaired) electrons. The summed E-state index contributed by atoms with van der Waals surface area (Å²) in [5.41, 5.74) is 1.72. The molecule has 2 aromatic rings. The van der Waals surface area contributed by atoms with Gasteiger partial charge in [0, 0.05) is 35.6 Å². The highest BCUT2D eigenvalue weighted by Gasteiger charge is 2.25. The van der Waals surface area contributed by atoms with Gasteiger partial charge in [0.05, 0.1) is 5.92 Å². The van der Waals surface area contributed by atoms with Gasteiger partial charge in [-0.15, -0.1) is 0 Å². The molecule has 0 bridgehead atoms. The summed E-state index contributed by atoms with van der Waals surface area (Å²) in [6.07, 6.45) is 1.27. The van der Waals surface area contributed by atoms with Gasteiger partial charge in [0.2, 0.25) is 5.95 Å². The molecule has 0 unspecified atom stereocenters. The number of hydrogen-bond donors (Lipinski definition) is 2. The number of halogens is 1. The van der Waals surface area contributed by atoms with Crippen LogP contribution in [0.3, 0.4) is 0 Å². The fraction of sp³-hybridized carbons (Fsp3) is 0.353. The Bertz CT molecular complexity index is 728. The Morgan fingerprint density at radius 2 is 1.92 bits per heavy atom. The molecule has 24 heavy (non-hydrogen) atoms. The highest BCUT2D eigenvalue weighted by atomic mass is 35.5. The van der Waals surface area contributed by atoms with E-state index in [1.54, 1.807) is 12.1 Å². The van der Waals surface area contributed by atoms with Crippen molar-refractivity contribution in [3.63, 3.8) is 0 Å². The normalized spacial score (nSPS) is 15.3. The minimum absolute atomic E-state index is 0.254. The number of benzene rings is 1. The number of nitrogens with zero attached hydrogens (tertiary/aromatic N) is 3. The molecule has 2 heterocycles. The Kier molecular flexibility index (Phi) is 4.85. The molecule has 0 spiro atoms. The van der Waals surface area contributed by atoms with Crippen molar-refractivity contribution in [3.8, 4) is 0 Å². The number of carbonyl (C=O) groups is 1. The molecule has 0 saturated carbocycles. The van der Waals surface area contributed by atoms with Crippen LogP contribution in [0.4, 0.5) is 17.5 Å². The number of piperidine rings is 1. The van der Waals surface area contributed by atoms with E-state index in [4.69, 9.17) is 16.7 Å². The number of aliphatic carboxylic acids is 1. The quantitative estimate of drug-likeness (QED) is 0.882. The van der Waals surface area contributed by atoms with Crippen LogP contribution >= 0.6 is 11.6 Å². The molecule has 0 atom stereocenters. The maximum Gasteiger partial charge on any atom is 0.306 e. The van der Waals surface area contributed by atoms with E-state index < -0.39 is 5.97 Å².